The van der Waals surface area contributed by atoms with Gasteiger partial charge in [-0.1, -0.05) is 24.2 Å². The van der Waals surface area contributed by atoms with Crippen molar-refractivity contribution in [3.8, 4) is 0 Å². The summed E-state index contributed by atoms with van der Waals surface area (Å²) < 4.78 is 45.1. The molecule has 1 heteroatoms. The molecular formula is C9H8O. The second-order valence-corrected chi connectivity index (χ2v) is 2.08. The molecule has 0 spiro atoms. The lowest BCUT2D eigenvalue weighted by Crippen LogP contribution is -1.92. The number of carbonyl (C=O) groups excluding carboxylic acids is 1. The number of hydrogen-bond acceptors (Lipinski definition) is 1. The number of rotatable bonds is 0. The fourth-order valence-corrected chi connectivity index (χ4v) is 0.922. The van der Waals surface area contributed by atoms with E-state index in [4.69, 9.17) is 8.22 Å². The molecule has 0 aliphatic heterocycles. The van der Waals surface area contributed by atoms with Gasteiger partial charge >= 0.3 is 0 Å². The van der Waals surface area contributed by atoms with Crippen LogP contribution in [0, 0.1) is 0 Å². The molecule has 1 nitrogen and oxygen atoms in total. The molecule has 0 unspecified atom stereocenters. The van der Waals surface area contributed by atoms with Gasteiger partial charge < -0.3 is 0 Å². The summed E-state index contributed by atoms with van der Waals surface area (Å²) >= 11 is 0. The number of hydrogen-bond donors (Lipinski definition) is 0. The molecule has 0 fully saturated rings. The third-order valence-corrected chi connectivity index (χ3v) is 1.37. The number of benzene rings is 1. The Balaban J connectivity index is 2.87. The Bertz CT molecular complexity index is 507. The maximum absolute atomic E-state index is 11.4. The van der Waals surface area contributed by atoms with Crippen LogP contribution in [-0.2, 0) is 17.6 Å². The van der Waals surface area contributed by atoms with E-state index in [9.17, 15) is 4.79 Å². The van der Waals surface area contributed by atoms with Gasteiger partial charge in [-0.25, -0.2) is 0 Å². The molecule has 0 radical (unpaired) electrons. The van der Waals surface area contributed by atoms with Crippen molar-refractivity contribution in [1.29, 1.82) is 0 Å². The van der Waals surface area contributed by atoms with E-state index in [2.05, 4.69) is 0 Å². The zero-order valence-electron chi connectivity index (χ0n) is 11.1. The van der Waals surface area contributed by atoms with Crippen LogP contribution in [0.4, 0.5) is 0 Å². The summed E-state index contributed by atoms with van der Waals surface area (Å²) in [5.74, 6) is -0.713. The van der Waals surface area contributed by atoms with Crippen molar-refractivity contribution in [3.05, 3.63) is 35.3 Å². The van der Waals surface area contributed by atoms with Gasteiger partial charge in [-0.05, 0) is 11.1 Å². The Labute approximate surface area is 68.1 Å². The lowest BCUT2D eigenvalue weighted by molar-refractivity contribution is -0.117. The minimum atomic E-state index is -2.30. The summed E-state index contributed by atoms with van der Waals surface area (Å²) in [6, 6.07) is -1.69. The van der Waals surface area contributed by atoms with E-state index in [1.165, 1.54) is 0 Å². The van der Waals surface area contributed by atoms with Crippen molar-refractivity contribution in [2.45, 2.75) is 12.8 Å². The number of fused-ring (bicyclic) bond motifs is 1. The maximum Gasteiger partial charge on any atom is 0.141 e. The Morgan fingerprint density at radius 1 is 1.40 bits per heavy atom. The highest BCUT2D eigenvalue weighted by Crippen LogP contribution is 2.17. The molecule has 0 heterocycles. The molecule has 50 valence electrons. The zero-order chi connectivity index (χ0) is 12.2. The van der Waals surface area contributed by atoms with Gasteiger partial charge in [0.2, 0.25) is 0 Å². The van der Waals surface area contributed by atoms with Crippen LogP contribution < -0.4 is 0 Å². The lowest BCUT2D eigenvalue weighted by Gasteiger charge is -1.91. The fourth-order valence-electron chi connectivity index (χ4n) is 0.922. The van der Waals surface area contributed by atoms with Gasteiger partial charge in [-0.2, -0.15) is 0 Å². The van der Waals surface area contributed by atoms with E-state index >= 15 is 0 Å². The predicted molar refractivity (Wildman–Crippen MR) is 38.9 cm³/mol. The zero-order valence-corrected chi connectivity index (χ0v) is 5.12. The molecule has 1 aromatic carbocycles. The highest BCUT2D eigenvalue weighted by atomic mass is 16.1. The minimum Gasteiger partial charge on any atom is -0.299 e. The molecule has 1 aromatic rings. The first-order valence-corrected chi connectivity index (χ1v) is 2.91. The maximum atomic E-state index is 11.4. The van der Waals surface area contributed by atoms with Gasteiger partial charge in [-0.15, -0.1) is 0 Å². The average molecular weight is 138 g/mol. The standard InChI is InChI=1S/C9H8O/c10-9-5-7-3-1-2-4-8(7)6-9/h1-4H,5-6H2/i1D,2D,3D,4D,5D2. The molecule has 0 aromatic heterocycles. The highest BCUT2D eigenvalue weighted by molar-refractivity contribution is 5.87. The van der Waals surface area contributed by atoms with E-state index in [1.54, 1.807) is 0 Å². The van der Waals surface area contributed by atoms with Crippen LogP contribution in [0.3, 0.4) is 0 Å². The van der Waals surface area contributed by atoms with E-state index in [0.717, 1.165) is 0 Å². The van der Waals surface area contributed by atoms with Crippen molar-refractivity contribution in [1.82, 2.24) is 0 Å². The third kappa shape index (κ3) is 0.747. The third-order valence-electron chi connectivity index (χ3n) is 1.37. The second-order valence-electron chi connectivity index (χ2n) is 2.08. The van der Waals surface area contributed by atoms with Crippen LogP contribution in [0.2, 0.25) is 0 Å². The molecule has 0 N–H and O–H groups in total. The Kier molecular flexibility index (Phi) is 0.426. The molecule has 0 amide bonds. The molecule has 10 heavy (non-hydrogen) atoms. The second kappa shape index (κ2) is 1.94. The summed E-state index contributed by atoms with van der Waals surface area (Å²) in [6.07, 6.45) is -2.56. The number of ketones is 1. The molecular weight excluding hydrogens is 124 g/mol. The van der Waals surface area contributed by atoms with Gasteiger partial charge in [0, 0.05) is 15.5 Å². The van der Waals surface area contributed by atoms with Crippen molar-refractivity contribution in [3.63, 3.8) is 0 Å². The number of carbonyl (C=O) groups is 1. The van der Waals surface area contributed by atoms with E-state index < -0.39 is 30.3 Å². The lowest BCUT2D eigenvalue weighted by atomic mass is 10.1. The van der Waals surface area contributed by atoms with Crippen LogP contribution in [0.25, 0.3) is 0 Å². The van der Waals surface area contributed by atoms with E-state index in [-0.39, 0.29) is 23.6 Å². The topological polar surface area (TPSA) is 17.1 Å². The highest BCUT2D eigenvalue weighted by Gasteiger charge is 2.16. The quantitative estimate of drug-likeness (QED) is 0.529. The molecule has 1 aliphatic carbocycles. The normalized spacial score (nSPS) is 29.0. The minimum absolute atomic E-state index is 0.0843. The molecule has 2 rings (SSSR count). The predicted octanol–water partition coefficient (Wildman–Crippen LogP) is 1.35. The van der Waals surface area contributed by atoms with Crippen molar-refractivity contribution in [2.75, 3.05) is 0 Å². The summed E-state index contributed by atoms with van der Waals surface area (Å²) in [7, 11) is 0. The largest absolute Gasteiger partial charge is 0.299 e. The van der Waals surface area contributed by atoms with Crippen LogP contribution in [0.1, 0.15) is 19.4 Å². The monoisotopic (exact) mass is 138 g/mol. The first-order valence-electron chi connectivity index (χ1n) is 5.91. The van der Waals surface area contributed by atoms with Crippen LogP contribution >= 0.6 is 0 Å². The summed E-state index contributed by atoms with van der Waals surface area (Å²) in [6.45, 7) is 0. The van der Waals surface area contributed by atoms with Crippen LogP contribution in [0.15, 0.2) is 24.2 Å². The van der Waals surface area contributed by atoms with Gasteiger partial charge in [0.05, 0.1) is 5.48 Å². The smallest absolute Gasteiger partial charge is 0.141 e. The van der Waals surface area contributed by atoms with Crippen LogP contribution in [-0.4, -0.2) is 5.78 Å². The van der Waals surface area contributed by atoms with Crippen molar-refractivity contribution < 1.29 is 13.0 Å². The van der Waals surface area contributed by atoms with Crippen molar-refractivity contribution in [2.24, 2.45) is 0 Å². The van der Waals surface area contributed by atoms with Crippen LogP contribution in [0.5, 0.6) is 0 Å². The molecule has 0 atom stereocenters. The molecule has 0 bridgehead atoms. The SMILES string of the molecule is [2H]c1c([2H])c([2H])c2c(c1[2H])CC(=O)C2([2H])[2H]. The molecule has 1 aliphatic rings. The van der Waals surface area contributed by atoms with Gasteiger partial charge in [0.1, 0.15) is 5.78 Å². The van der Waals surface area contributed by atoms with Crippen molar-refractivity contribution >= 4 is 5.78 Å². The Hall–Kier alpha value is -1.11. The first kappa shape index (κ1) is 2.19. The summed E-state index contributed by atoms with van der Waals surface area (Å²) in [5, 5.41) is 0. The average Bonchev–Trinajstić information content (AvgIpc) is 2.45. The Morgan fingerprint density at radius 2 is 2.10 bits per heavy atom. The molecule has 0 saturated heterocycles. The molecule has 0 saturated carbocycles. The fraction of sp³-hybridized carbons (Fsp3) is 0.222. The van der Waals surface area contributed by atoms with Gasteiger partial charge in [0.15, 0.2) is 0 Å². The summed E-state index contributed by atoms with van der Waals surface area (Å²) in [5.41, 5.74) is -0.121. The first-order chi connectivity index (χ1) is 7.28. The van der Waals surface area contributed by atoms with Gasteiger partial charge in [-0.3, -0.25) is 4.79 Å². The van der Waals surface area contributed by atoms with Gasteiger partial charge in [0.25, 0.3) is 0 Å². The Morgan fingerprint density at radius 3 is 2.90 bits per heavy atom. The summed E-state index contributed by atoms with van der Waals surface area (Å²) in [4.78, 5) is 11.4. The van der Waals surface area contributed by atoms with E-state index in [0.29, 0.717) is 0 Å². The van der Waals surface area contributed by atoms with E-state index in [1.807, 2.05) is 0 Å². The number of Topliss-reactive ketones (excluding diaryl/α,β-unsaturated/α-hetero) is 1.